The summed E-state index contributed by atoms with van der Waals surface area (Å²) in [6.45, 7) is 4.76. The van der Waals surface area contributed by atoms with Crippen LogP contribution in [0.3, 0.4) is 0 Å². The number of nitrogens with one attached hydrogen (secondary N) is 1. The fourth-order valence-electron chi connectivity index (χ4n) is 3.39. The van der Waals surface area contributed by atoms with Gasteiger partial charge in [-0.05, 0) is 31.0 Å². The first-order valence-electron chi connectivity index (χ1n) is 10.6. The Balaban J connectivity index is 1.73. The Kier molecular flexibility index (Phi) is 8.08. The Morgan fingerprint density at radius 3 is 2.57 bits per heavy atom. The van der Waals surface area contributed by atoms with Gasteiger partial charge in [-0.2, -0.15) is 0 Å². The lowest BCUT2D eigenvalue weighted by Gasteiger charge is -2.15. The molecule has 1 unspecified atom stereocenters. The number of thioether (sulfide) groups is 1. The van der Waals surface area contributed by atoms with Gasteiger partial charge in [0.2, 0.25) is 5.91 Å². The maximum absolute atomic E-state index is 13.0. The Morgan fingerprint density at radius 2 is 1.80 bits per heavy atom. The van der Waals surface area contributed by atoms with Crippen molar-refractivity contribution in [1.82, 2.24) is 14.9 Å². The average molecular weight is 424 g/mol. The van der Waals surface area contributed by atoms with E-state index in [0.29, 0.717) is 22.6 Å². The number of hydrogen-bond acceptors (Lipinski definition) is 4. The summed E-state index contributed by atoms with van der Waals surface area (Å²) < 4.78 is 1.73. The Labute approximate surface area is 181 Å². The van der Waals surface area contributed by atoms with Gasteiger partial charge in [-0.1, -0.05) is 80.4 Å². The zero-order chi connectivity index (χ0) is 21.3. The number of para-hydroxylation sites is 1. The molecule has 1 N–H and O–H groups in total. The van der Waals surface area contributed by atoms with Crippen LogP contribution in [0.25, 0.3) is 10.9 Å². The highest BCUT2D eigenvalue weighted by atomic mass is 32.2. The standard InChI is InChI=1S/C24H29N3O2S/c1-3-4-5-11-16-27-23(29)20-14-9-10-15-21(20)26-24(27)30-17-22(28)25-18(2)19-12-7-6-8-13-19/h6-10,12-15,18H,3-5,11,16-17H2,1-2H3,(H,25,28). The van der Waals surface area contributed by atoms with Crippen molar-refractivity contribution in [3.05, 3.63) is 70.5 Å². The lowest BCUT2D eigenvalue weighted by molar-refractivity contribution is -0.119. The highest BCUT2D eigenvalue weighted by molar-refractivity contribution is 7.99. The molecule has 1 atom stereocenters. The largest absolute Gasteiger partial charge is 0.349 e. The second kappa shape index (κ2) is 11.0. The van der Waals surface area contributed by atoms with Crippen LogP contribution >= 0.6 is 11.8 Å². The van der Waals surface area contributed by atoms with Crippen LogP contribution in [0.2, 0.25) is 0 Å². The molecule has 158 valence electrons. The topological polar surface area (TPSA) is 64.0 Å². The minimum Gasteiger partial charge on any atom is -0.349 e. The van der Waals surface area contributed by atoms with Gasteiger partial charge in [-0.15, -0.1) is 0 Å². The Bertz CT molecular complexity index is 1030. The molecule has 0 aliphatic carbocycles. The molecule has 6 heteroatoms. The number of unbranched alkanes of at least 4 members (excludes halogenated alkanes) is 3. The maximum Gasteiger partial charge on any atom is 0.262 e. The molecular formula is C24H29N3O2S. The zero-order valence-electron chi connectivity index (χ0n) is 17.6. The van der Waals surface area contributed by atoms with Gasteiger partial charge in [0, 0.05) is 6.54 Å². The minimum atomic E-state index is -0.0729. The van der Waals surface area contributed by atoms with Gasteiger partial charge >= 0.3 is 0 Å². The van der Waals surface area contributed by atoms with Crippen LogP contribution in [0.4, 0.5) is 0 Å². The van der Waals surface area contributed by atoms with Gasteiger partial charge in [-0.3, -0.25) is 14.2 Å². The molecule has 5 nitrogen and oxygen atoms in total. The lowest BCUT2D eigenvalue weighted by Crippen LogP contribution is -2.29. The molecule has 3 aromatic rings. The highest BCUT2D eigenvalue weighted by Gasteiger charge is 2.14. The smallest absolute Gasteiger partial charge is 0.262 e. The van der Waals surface area contributed by atoms with Crippen LogP contribution in [0, 0.1) is 0 Å². The van der Waals surface area contributed by atoms with Crippen LogP contribution in [0.5, 0.6) is 0 Å². The number of aromatic nitrogens is 2. The molecule has 2 aromatic carbocycles. The van der Waals surface area contributed by atoms with Gasteiger partial charge in [-0.25, -0.2) is 4.98 Å². The minimum absolute atomic E-state index is 0.0299. The van der Waals surface area contributed by atoms with E-state index in [1.807, 2.05) is 61.5 Å². The number of benzene rings is 2. The van der Waals surface area contributed by atoms with Crippen molar-refractivity contribution in [3.63, 3.8) is 0 Å². The van der Waals surface area contributed by atoms with E-state index in [2.05, 4.69) is 12.2 Å². The van der Waals surface area contributed by atoms with Crippen molar-refractivity contribution >= 4 is 28.6 Å². The van der Waals surface area contributed by atoms with E-state index >= 15 is 0 Å². The van der Waals surface area contributed by atoms with E-state index in [-0.39, 0.29) is 23.3 Å². The SMILES string of the molecule is CCCCCCn1c(SCC(=O)NC(C)c2ccccc2)nc2ccccc2c1=O. The van der Waals surface area contributed by atoms with Crippen LogP contribution in [-0.2, 0) is 11.3 Å². The number of hydrogen-bond donors (Lipinski definition) is 1. The summed E-state index contributed by atoms with van der Waals surface area (Å²) in [5.41, 5.74) is 1.71. The monoisotopic (exact) mass is 423 g/mol. The van der Waals surface area contributed by atoms with Crippen molar-refractivity contribution in [3.8, 4) is 0 Å². The number of carbonyl (C=O) groups excluding carboxylic acids is 1. The normalized spacial score (nSPS) is 12.1. The number of amides is 1. The van der Waals surface area contributed by atoms with Crippen LogP contribution in [0.15, 0.2) is 64.5 Å². The summed E-state index contributed by atoms with van der Waals surface area (Å²) in [6, 6.07) is 17.2. The molecule has 0 aliphatic heterocycles. The molecule has 0 fully saturated rings. The third-order valence-electron chi connectivity index (χ3n) is 5.07. The molecule has 0 bridgehead atoms. The molecular weight excluding hydrogens is 394 g/mol. The van der Waals surface area contributed by atoms with Crippen molar-refractivity contribution < 1.29 is 4.79 Å². The first-order chi connectivity index (χ1) is 14.6. The molecule has 1 aromatic heterocycles. The molecule has 0 spiro atoms. The van der Waals surface area contributed by atoms with Crippen LogP contribution in [0.1, 0.15) is 51.1 Å². The number of nitrogens with zero attached hydrogens (tertiary/aromatic N) is 2. The van der Waals surface area contributed by atoms with Gasteiger partial charge in [0.1, 0.15) is 0 Å². The second-order valence-electron chi connectivity index (χ2n) is 7.42. The summed E-state index contributed by atoms with van der Waals surface area (Å²) in [4.78, 5) is 30.2. The number of fused-ring (bicyclic) bond motifs is 1. The molecule has 1 heterocycles. The molecule has 30 heavy (non-hydrogen) atoms. The number of carbonyl (C=O) groups is 1. The van der Waals surface area contributed by atoms with Crippen LogP contribution < -0.4 is 10.9 Å². The summed E-state index contributed by atoms with van der Waals surface area (Å²) >= 11 is 1.32. The molecule has 0 saturated heterocycles. The predicted molar refractivity (Wildman–Crippen MR) is 124 cm³/mol. The van der Waals surface area contributed by atoms with Gasteiger partial charge in [0.15, 0.2) is 5.16 Å². The van der Waals surface area contributed by atoms with E-state index in [9.17, 15) is 9.59 Å². The van der Waals surface area contributed by atoms with Crippen molar-refractivity contribution in [1.29, 1.82) is 0 Å². The van der Waals surface area contributed by atoms with Crippen molar-refractivity contribution in [2.24, 2.45) is 0 Å². The summed E-state index contributed by atoms with van der Waals surface area (Å²) in [6.07, 6.45) is 4.30. The lowest BCUT2D eigenvalue weighted by atomic mass is 10.1. The predicted octanol–water partition coefficient (Wildman–Crippen LogP) is 4.95. The maximum atomic E-state index is 13.0. The van der Waals surface area contributed by atoms with E-state index in [0.717, 1.165) is 31.2 Å². The Hall–Kier alpha value is -2.60. The summed E-state index contributed by atoms with van der Waals surface area (Å²) in [5, 5.41) is 4.26. The Morgan fingerprint density at radius 1 is 1.07 bits per heavy atom. The van der Waals surface area contributed by atoms with E-state index < -0.39 is 0 Å². The molecule has 3 rings (SSSR count). The third-order valence-corrected chi connectivity index (χ3v) is 6.05. The van der Waals surface area contributed by atoms with Gasteiger partial charge in [0.25, 0.3) is 5.56 Å². The van der Waals surface area contributed by atoms with Crippen LogP contribution in [-0.4, -0.2) is 21.2 Å². The summed E-state index contributed by atoms with van der Waals surface area (Å²) in [7, 11) is 0. The van der Waals surface area contributed by atoms with Gasteiger partial charge in [0.05, 0.1) is 22.7 Å². The quantitative estimate of drug-likeness (QED) is 0.285. The second-order valence-corrected chi connectivity index (χ2v) is 8.36. The fourth-order valence-corrected chi connectivity index (χ4v) is 4.23. The fraction of sp³-hybridized carbons (Fsp3) is 0.375. The van der Waals surface area contributed by atoms with E-state index in [1.165, 1.54) is 11.8 Å². The highest BCUT2D eigenvalue weighted by Crippen LogP contribution is 2.19. The first kappa shape index (κ1) is 22.1. The van der Waals surface area contributed by atoms with E-state index in [1.54, 1.807) is 4.57 Å². The molecule has 0 saturated carbocycles. The number of rotatable bonds is 10. The third kappa shape index (κ3) is 5.72. The molecule has 0 radical (unpaired) electrons. The van der Waals surface area contributed by atoms with Gasteiger partial charge < -0.3 is 5.32 Å². The average Bonchev–Trinajstić information content (AvgIpc) is 2.77. The zero-order valence-corrected chi connectivity index (χ0v) is 18.5. The van der Waals surface area contributed by atoms with Crippen molar-refractivity contribution in [2.75, 3.05) is 5.75 Å². The molecule has 0 aliphatic rings. The summed E-state index contributed by atoms with van der Waals surface area (Å²) in [5.74, 6) is 0.146. The molecule has 1 amide bonds. The van der Waals surface area contributed by atoms with E-state index in [4.69, 9.17) is 4.98 Å². The van der Waals surface area contributed by atoms with Crippen molar-refractivity contribution in [2.45, 2.75) is 57.3 Å². The first-order valence-corrected chi connectivity index (χ1v) is 11.6.